The number of nitrogens with zero attached hydrogens (tertiary/aromatic N) is 2. The molecule has 3 N–H and O–H groups in total. The van der Waals surface area contributed by atoms with Crippen molar-refractivity contribution in [2.24, 2.45) is 5.10 Å². The standard InChI is InChI=1S/C28H24F3N5O3S/c1-17(2)22-5-3-4-6-24(22)40-36-27(38)35-33-16-18-7-12-23-19(15-18)13-14-32-25(23)26(37)34-20-8-10-21(11-9-20)39-28(29,30)31/h3-17H,1-2H3,(H,34,37)(H2,35,36,38)/b33-16+. The van der Waals surface area contributed by atoms with Crippen molar-refractivity contribution in [2.45, 2.75) is 31.0 Å². The second-order valence-electron chi connectivity index (χ2n) is 8.76. The van der Waals surface area contributed by atoms with Gasteiger partial charge in [0.2, 0.25) is 0 Å². The average molecular weight is 568 g/mol. The average Bonchev–Trinajstić information content (AvgIpc) is 2.91. The molecule has 0 radical (unpaired) electrons. The second kappa shape index (κ2) is 12.5. The van der Waals surface area contributed by atoms with Gasteiger partial charge in [-0.05, 0) is 76.8 Å². The summed E-state index contributed by atoms with van der Waals surface area (Å²) in [7, 11) is 0. The Kier molecular flexibility index (Phi) is 8.90. The zero-order valence-corrected chi connectivity index (χ0v) is 22.1. The van der Waals surface area contributed by atoms with E-state index in [9.17, 15) is 22.8 Å². The van der Waals surface area contributed by atoms with E-state index in [4.69, 9.17) is 0 Å². The highest BCUT2D eigenvalue weighted by molar-refractivity contribution is 7.98. The maximum Gasteiger partial charge on any atom is 0.573 e. The summed E-state index contributed by atoms with van der Waals surface area (Å²) in [6, 6.07) is 19.0. The highest BCUT2D eigenvalue weighted by Crippen LogP contribution is 2.27. The zero-order chi connectivity index (χ0) is 28.7. The number of amides is 3. The van der Waals surface area contributed by atoms with Crippen LogP contribution >= 0.6 is 11.9 Å². The number of hydrazone groups is 1. The number of carbonyl (C=O) groups is 2. The molecule has 206 valence electrons. The summed E-state index contributed by atoms with van der Waals surface area (Å²) in [6.45, 7) is 4.16. The number of anilines is 1. The van der Waals surface area contributed by atoms with Gasteiger partial charge in [0.05, 0.1) is 6.21 Å². The number of ether oxygens (including phenoxy) is 1. The van der Waals surface area contributed by atoms with Gasteiger partial charge in [0, 0.05) is 22.2 Å². The van der Waals surface area contributed by atoms with E-state index in [1.165, 1.54) is 36.5 Å². The number of carbonyl (C=O) groups excluding carboxylic acids is 2. The van der Waals surface area contributed by atoms with Gasteiger partial charge in [0.1, 0.15) is 11.4 Å². The molecular weight excluding hydrogens is 543 g/mol. The summed E-state index contributed by atoms with van der Waals surface area (Å²) >= 11 is 1.21. The molecule has 0 fully saturated rings. The molecule has 1 aromatic heterocycles. The van der Waals surface area contributed by atoms with Gasteiger partial charge in [-0.1, -0.05) is 44.2 Å². The summed E-state index contributed by atoms with van der Waals surface area (Å²) < 4.78 is 43.6. The number of hydrogen-bond acceptors (Lipinski definition) is 6. The van der Waals surface area contributed by atoms with E-state index in [0.717, 1.165) is 22.6 Å². The van der Waals surface area contributed by atoms with Crippen molar-refractivity contribution in [1.82, 2.24) is 15.1 Å². The largest absolute Gasteiger partial charge is 0.573 e. The van der Waals surface area contributed by atoms with Gasteiger partial charge >= 0.3 is 12.4 Å². The van der Waals surface area contributed by atoms with Crippen LogP contribution in [-0.2, 0) is 0 Å². The normalized spacial score (nSPS) is 11.6. The number of fused-ring (bicyclic) bond motifs is 1. The Bertz CT molecular complexity index is 1540. The van der Waals surface area contributed by atoms with Crippen LogP contribution in [0.2, 0.25) is 0 Å². The van der Waals surface area contributed by atoms with E-state index in [1.54, 1.807) is 24.3 Å². The molecule has 0 saturated heterocycles. The third-order valence-electron chi connectivity index (χ3n) is 5.52. The number of alkyl halides is 3. The summed E-state index contributed by atoms with van der Waals surface area (Å²) in [5.74, 6) is -0.619. The van der Waals surface area contributed by atoms with E-state index < -0.39 is 24.1 Å². The van der Waals surface area contributed by atoms with E-state index in [1.807, 2.05) is 24.3 Å². The Labute approximate surface area is 232 Å². The van der Waals surface area contributed by atoms with Gasteiger partial charge in [-0.25, -0.2) is 10.2 Å². The van der Waals surface area contributed by atoms with Gasteiger partial charge in [-0.15, -0.1) is 13.2 Å². The lowest BCUT2D eigenvalue weighted by Crippen LogP contribution is -2.27. The molecule has 0 saturated carbocycles. The highest BCUT2D eigenvalue weighted by Gasteiger charge is 2.31. The van der Waals surface area contributed by atoms with Crippen molar-refractivity contribution in [2.75, 3.05) is 5.32 Å². The third kappa shape index (κ3) is 7.73. The number of aromatic nitrogens is 1. The molecule has 0 unspecified atom stereocenters. The number of benzene rings is 3. The first-order valence-electron chi connectivity index (χ1n) is 12.0. The summed E-state index contributed by atoms with van der Waals surface area (Å²) in [5.41, 5.74) is 4.63. The molecule has 0 spiro atoms. The molecule has 3 aromatic carbocycles. The minimum absolute atomic E-state index is 0.132. The first-order chi connectivity index (χ1) is 19.1. The van der Waals surface area contributed by atoms with E-state index in [-0.39, 0.29) is 11.4 Å². The molecule has 4 rings (SSSR count). The lowest BCUT2D eigenvalue weighted by Gasteiger charge is -2.11. The number of nitrogens with one attached hydrogen (secondary N) is 3. The molecular formula is C28H24F3N5O3S. The van der Waals surface area contributed by atoms with E-state index >= 15 is 0 Å². The van der Waals surface area contributed by atoms with Gasteiger partial charge in [0.15, 0.2) is 0 Å². The molecule has 0 aliphatic rings. The van der Waals surface area contributed by atoms with Crippen LogP contribution in [-0.4, -0.2) is 29.5 Å². The van der Waals surface area contributed by atoms with Crippen LogP contribution in [0.3, 0.4) is 0 Å². The van der Waals surface area contributed by atoms with Gasteiger partial charge in [0.25, 0.3) is 5.91 Å². The van der Waals surface area contributed by atoms with Crippen LogP contribution in [0.4, 0.5) is 23.7 Å². The van der Waals surface area contributed by atoms with Gasteiger partial charge < -0.3 is 10.1 Å². The Morgan fingerprint density at radius 1 is 1.02 bits per heavy atom. The van der Waals surface area contributed by atoms with Crippen molar-refractivity contribution in [3.63, 3.8) is 0 Å². The fraction of sp³-hybridized carbons (Fsp3) is 0.143. The van der Waals surface area contributed by atoms with Crippen LogP contribution in [0.1, 0.15) is 41.4 Å². The fourth-order valence-electron chi connectivity index (χ4n) is 3.73. The van der Waals surface area contributed by atoms with Crippen LogP contribution in [0.25, 0.3) is 10.8 Å². The smallest absolute Gasteiger partial charge is 0.406 e. The molecule has 0 aliphatic carbocycles. The molecule has 4 aromatic rings. The van der Waals surface area contributed by atoms with Crippen molar-refractivity contribution < 1.29 is 27.5 Å². The fourth-order valence-corrected chi connectivity index (χ4v) is 4.54. The molecule has 0 bridgehead atoms. The van der Waals surface area contributed by atoms with Crippen LogP contribution in [0.15, 0.2) is 89.0 Å². The van der Waals surface area contributed by atoms with Crippen molar-refractivity contribution in [3.8, 4) is 5.75 Å². The van der Waals surface area contributed by atoms with Crippen molar-refractivity contribution in [1.29, 1.82) is 0 Å². The number of pyridine rings is 1. The minimum Gasteiger partial charge on any atom is -0.406 e. The number of rotatable bonds is 8. The Morgan fingerprint density at radius 2 is 1.77 bits per heavy atom. The highest BCUT2D eigenvalue weighted by atomic mass is 32.2. The minimum atomic E-state index is -4.80. The lowest BCUT2D eigenvalue weighted by atomic mass is 10.0. The quantitative estimate of drug-likeness (QED) is 0.123. The number of urea groups is 1. The maximum absolute atomic E-state index is 12.8. The molecule has 0 atom stereocenters. The van der Waals surface area contributed by atoms with E-state index in [2.05, 4.69) is 44.1 Å². The van der Waals surface area contributed by atoms with Gasteiger partial charge in [-0.3, -0.25) is 14.5 Å². The van der Waals surface area contributed by atoms with Crippen LogP contribution < -0.4 is 20.2 Å². The molecule has 1 heterocycles. The van der Waals surface area contributed by atoms with Crippen molar-refractivity contribution in [3.05, 3.63) is 95.8 Å². The molecule has 0 aliphatic heterocycles. The summed E-state index contributed by atoms with van der Waals surface area (Å²) in [5, 5.41) is 7.85. The molecule has 12 heteroatoms. The first kappa shape index (κ1) is 28.4. The predicted octanol–water partition coefficient (Wildman–Crippen LogP) is 6.85. The lowest BCUT2D eigenvalue weighted by molar-refractivity contribution is -0.274. The van der Waals surface area contributed by atoms with Gasteiger partial charge in [-0.2, -0.15) is 5.10 Å². The molecule has 3 amide bonds. The van der Waals surface area contributed by atoms with E-state index in [0.29, 0.717) is 22.3 Å². The monoisotopic (exact) mass is 567 g/mol. The Hall–Kier alpha value is -4.58. The first-order valence-corrected chi connectivity index (χ1v) is 12.8. The van der Waals surface area contributed by atoms with Crippen molar-refractivity contribution >= 4 is 46.6 Å². The summed E-state index contributed by atoms with van der Waals surface area (Å²) in [4.78, 5) is 30.1. The SMILES string of the molecule is CC(C)c1ccccc1SNC(=O)N/N=C/c1ccc2c(C(=O)Nc3ccc(OC(F)(F)F)cc3)nccc2c1. The topological polar surface area (TPSA) is 105 Å². The third-order valence-corrected chi connectivity index (χ3v) is 6.40. The second-order valence-corrected chi connectivity index (χ2v) is 9.61. The van der Waals surface area contributed by atoms with Crippen LogP contribution in [0.5, 0.6) is 5.75 Å². The Balaban J connectivity index is 1.37. The maximum atomic E-state index is 12.8. The molecule has 8 nitrogen and oxygen atoms in total. The number of halogens is 3. The Morgan fingerprint density at radius 3 is 2.50 bits per heavy atom. The number of hydrogen-bond donors (Lipinski definition) is 3. The summed E-state index contributed by atoms with van der Waals surface area (Å²) in [6.07, 6.45) is -1.87. The predicted molar refractivity (Wildman–Crippen MR) is 148 cm³/mol. The molecule has 40 heavy (non-hydrogen) atoms. The zero-order valence-electron chi connectivity index (χ0n) is 21.3. The van der Waals surface area contributed by atoms with Crippen LogP contribution in [0, 0.1) is 0 Å².